The zero-order valence-electron chi connectivity index (χ0n) is 13.7. The summed E-state index contributed by atoms with van der Waals surface area (Å²) in [6.07, 6.45) is 5.20. The number of rotatable bonds is 2. The zero-order valence-corrected chi connectivity index (χ0v) is 13.7. The Morgan fingerprint density at radius 2 is 1.91 bits per heavy atom. The second-order valence-electron chi connectivity index (χ2n) is 6.31. The number of pyridine rings is 1. The Morgan fingerprint density at radius 1 is 1.23 bits per heavy atom. The molecule has 1 aromatic carbocycles. The summed E-state index contributed by atoms with van der Waals surface area (Å²) in [5, 5.41) is 3.44. The molecular weight excluding hydrogens is 270 g/mol. The number of hydrogen-bond acceptors (Lipinski definition) is 3. The molecule has 0 bridgehead atoms. The number of nitrogens with one attached hydrogen (secondary N) is 1. The van der Waals surface area contributed by atoms with Gasteiger partial charge in [0, 0.05) is 16.7 Å². The van der Waals surface area contributed by atoms with Crippen molar-refractivity contribution in [3.8, 4) is 11.3 Å². The molecule has 3 heteroatoms. The second-order valence-corrected chi connectivity index (χ2v) is 6.31. The maximum absolute atomic E-state index is 6.27. The third-order valence-corrected chi connectivity index (χ3v) is 4.78. The maximum Gasteiger partial charge on any atom is 0.131 e. The van der Waals surface area contributed by atoms with E-state index >= 15 is 0 Å². The number of anilines is 1. The van der Waals surface area contributed by atoms with Crippen molar-refractivity contribution in [1.82, 2.24) is 10.3 Å². The molecule has 0 saturated carbocycles. The molecule has 1 aliphatic rings. The van der Waals surface area contributed by atoms with Crippen LogP contribution in [-0.2, 0) is 5.54 Å². The highest BCUT2D eigenvalue weighted by Crippen LogP contribution is 2.38. The van der Waals surface area contributed by atoms with Crippen molar-refractivity contribution in [2.75, 3.05) is 12.8 Å². The molecule has 22 heavy (non-hydrogen) atoms. The maximum atomic E-state index is 6.27. The van der Waals surface area contributed by atoms with Crippen LogP contribution >= 0.6 is 0 Å². The molecule has 0 aliphatic heterocycles. The monoisotopic (exact) mass is 293 g/mol. The molecule has 0 radical (unpaired) electrons. The lowest BCUT2D eigenvalue weighted by molar-refractivity contribution is 0.401. The van der Waals surface area contributed by atoms with Gasteiger partial charge in [-0.15, -0.1) is 0 Å². The number of benzene rings is 1. The van der Waals surface area contributed by atoms with Gasteiger partial charge in [-0.2, -0.15) is 0 Å². The van der Waals surface area contributed by atoms with Gasteiger partial charge in [0.2, 0.25) is 0 Å². The molecule has 3 N–H and O–H groups in total. The van der Waals surface area contributed by atoms with Crippen molar-refractivity contribution in [2.24, 2.45) is 0 Å². The summed E-state index contributed by atoms with van der Waals surface area (Å²) in [6, 6.07) is 8.52. The molecule has 0 spiro atoms. The summed E-state index contributed by atoms with van der Waals surface area (Å²) < 4.78 is 0. The highest BCUT2D eigenvalue weighted by atomic mass is 14.9. The Bertz CT molecular complexity index is 741. The van der Waals surface area contributed by atoms with Crippen molar-refractivity contribution in [3.63, 3.8) is 0 Å². The van der Waals surface area contributed by atoms with Gasteiger partial charge in [-0.05, 0) is 57.0 Å². The quantitative estimate of drug-likeness (QED) is 0.885. The van der Waals surface area contributed by atoms with Gasteiger partial charge in [0.15, 0.2) is 0 Å². The van der Waals surface area contributed by atoms with Crippen LogP contribution in [0, 0.1) is 13.8 Å². The molecule has 1 heterocycles. The minimum atomic E-state index is -0.105. The normalized spacial score (nSPS) is 20.0. The van der Waals surface area contributed by atoms with Crippen molar-refractivity contribution in [3.05, 3.63) is 52.6 Å². The lowest BCUT2D eigenvalue weighted by atomic mass is 9.81. The number of nitrogens with zero attached hydrogens (tertiary/aromatic N) is 1. The number of nitrogen functional groups attached to an aromatic ring is 1. The average molecular weight is 293 g/mol. The van der Waals surface area contributed by atoms with Crippen molar-refractivity contribution >= 4 is 11.9 Å². The average Bonchev–Trinajstić information content (AvgIpc) is 2.48. The van der Waals surface area contributed by atoms with Gasteiger partial charge in [-0.3, -0.25) is 0 Å². The second kappa shape index (κ2) is 5.25. The molecule has 1 aliphatic carbocycles. The molecule has 1 atom stereocenters. The van der Waals surface area contributed by atoms with E-state index in [0.717, 1.165) is 17.7 Å². The molecule has 114 valence electrons. The Morgan fingerprint density at radius 3 is 2.55 bits per heavy atom. The smallest absolute Gasteiger partial charge is 0.131 e. The van der Waals surface area contributed by atoms with E-state index in [2.05, 4.69) is 67.5 Å². The predicted octanol–water partition coefficient (Wildman–Crippen LogP) is 3.80. The van der Waals surface area contributed by atoms with Crippen LogP contribution in [0.3, 0.4) is 0 Å². The molecule has 1 aromatic heterocycles. The van der Waals surface area contributed by atoms with Gasteiger partial charge in [-0.25, -0.2) is 4.98 Å². The Balaban J connectivity index is 2.27. The van der Waals surface area contributed by atoms with E-state index in [0.29, 0.717) is 5.82 Å². The standard InChI is InChI=1S/C19H23N3/c1-12-7-5-8-13(2)17(12)16-11-15-14(18(20)22-16)9-6-10-19(15,3)21-4/h5-9,11,21H,10H2,1-4H3,(H2,20,22). The third-order valence-electron chi connectivity index (χ3n) is 4.78. The van der Waals surface area contributed by atoms with Gasteiger partial charge in [-0.1, -0.05) is 30.4 Å². The van der Waals surface area contributed by atoms with Crippen LogP contribution in [-0.4, -0.2) is 12.0 Å². The summed E-state index contributed by atoms with van der Waals surface area (Å²) >= 11 is 0. The lowest BCUT2D eigenvalue weighted by Crippen LogP contribution is -2.38. The molecule has 3 nitrogen and oxygen atoms in total. The van der Waals surface area contributed by atoms with E-state index in [-0.39, 0.29) is 5.54 Å². The first-order chi connectivity index (χ1) is 10.5. The molecule has 0 fully saturated rings. The van der Waals surface area contributed by atoms with Crippen LogP contribution in [0.2, 0.25) is 0 Å². The number of aromatic nitrogens is 1. The fourth-order valence-corrected chi connectivity index (χ4v) is 3.31. The van der Waals surface area contributed by atoms with Crippen LogP contribution in [0.4, 0.5) is 5.82 Å². The summed E-state index contributed by atoms with van der Waals surface area (Å²) in [5.41, 5.74) is 13.0. The molecule has 2 aromatic rings. The van der Waals surface area contributed by atoms with Crippen LogP contribution in [0.15, 0.2) is 30.3 Å². The molecular formula is C19H23N3. The number of hydrogen-bond donors (Lipinski definition) is 2. The Kier molecular flexibility index (Phi) is 3.53. The Hall–Kier alpha value is -2.13. The first-order valence-electron chi connectivity index (χ1n) is 7.69. The lowest BCUT2D eigenvalue weighted by Gasteiger charge is -2.34. The molecule has 1 unspecified atom stereocenters. The van der Waals surface area contributed by atoms with Crippen molar-refractivity contribution in [1.29, 1.82) is 0 Å². The SMILES string of the molecule is CNC1(C)CC=Cc2c1cc(-c1c(C)cccc1C)nc2N. The van der Waals surface area contributed by atoms with Crippen LogP contribution in [0.25, 0.3) is 17.3 Å². The predicted molar refractivity (Wildman–Crippen MR) is 93.6 cm³/mol. The van der Waals surface area contributed by atoms with E-state index in [4.69, 9.17) is 5.73 Å². The van der Waals surface area contributed by atoms with Crippen molar-refractivity contribution in [2.45, 2.75) is 32.7 Å². The minimum absolute atomic E-state index is 0.105. The molecule has 3 rings (SSSR count). The third kappa shape index (κ3) is 2.22. The first-order valence-corrected chi connectivity index (χ1v) is 7.69. The highest BCUT2D eigenvalue weighted by Gasteiger charge is 2.30. The number of nitrogens with two attached hydrogens (primary N) is 1. The minimum Gasteiger partial charge on any atom is -0.383 e. The topological polar surface area (TPSA) is 50.9 Å². The fraction of sp³-hybridized carbons (Fsp3) is 0.316. The zero-order chi connectivity index (χ0) is 15.9. The Labute approximate surface area is 132 Å². The molecule has 0 saturated heterocycles. The number of fused-ring (bicyclic) bond motifs is 1. The largest absolute Gasteiger partial charge is 0.383 e. The van der Waals surface area contributed by atoms with E-state index in [1.807, 2.05) is 7.05 Å². The van der Waals surface area contributed by atoms with Gasteiger partial charge in [0.1, 0.15) is 5.82 Å². The summed E-state index contributed by atoms with van der Waals surface area (Å²) in [7, 11) is 2.00. The fourth-order valence-electron chi connectivity index (χ4n) is 3.31. The van der Waals surface area contributed by atoms with Gasteiger partial charge in [0.05, 0.1) is 5.69 Å². The van der Waals surface area contributed by atoms with Gasteiger partial charge >= 0.3 is 0 Å². The van der Waals surface area contributed by atoms with Crippen LogP contribution < -0.4 is 11.1 Å². The summed E-state index contributed by atoms with van der Waals surface area (Å²) in [6.45, 7) is 6.46. The number of aryl methyl sites for hydroxylation is 2. The highest BCUT2D eigenvalue weighted by molar-refractivity contribution is 5.76. The summed E-state index contributed by atoms with van der Waals surface area (Å²) in [4.78, 5) is 4.68. The van der Waals surface area contributed by atoms with Gasteiger partial charge < -0.3 is 11.1 Å². The first kappa shape index (κ1) is 14.8. The van der Waals surface area contributed by atoms with Crippen LogP contribution in [0.5, 0.6) is 0 Å². The van der Waals surface area contributed by atoms with Crippen LogP contribution in [0.1, 0.15) is 35.6 Å². The molecule has 0 amide bonds. The van der Waals surface area contributed by atoms with E-state index in [1.165, 1.54) is 22.3 Å². The van der Waals surface area contributed by atoms with E-state index < -0.39 is 0 Å². The summed E-state index contributed by atoms with van der Waals surface area (Å²) in [5.74, 6) is 0.604. The van der Waals surface area contributed by atoms with Gasteiger partial charge in [0.25, 0.3) is 0 Å². The van der Waals surface area contributed by atoms with E-state index in [1.54, 1.807) is 0 Å². The van der Waals surface area contributed by atoms with Crippen molar-refractivity contribution < 1.29 is 0 Å². The van der Waals surface area contributed by atoms with E-state index in [9.17, 15) is 0 Å².